The first-order valence-corrected chi connectivity index (χ1v) is 6.58. The maximum absolute atomic E-state index is 11.7. The van der Waals surface area contributed by atoms with E-state index in [2.05, 4.69) is 20.8 Å². The predicted molar refractivity (Wildman–Crippen MR) is 67.7 cm³/mol. The van der Waals surface area contributed by atoms with Crippen molar-refractivity contribution in [2.45, 2.75) is 44.7 Å². The molecule has 1 aliphatic heterocycles. The van der Waals surface area contributed by atoms with Crippen LogP contribution in [-0.2, 0) is 18.4 Å². The second-order valence-electron chi connectivity index (χ2n) is 4.82. The minimum atomic E-state index is 0.0883. The quantitative estimate of drug-likeness (QED) is 0.792. The highest BCUT2D eigenvalue weighted by atomic mass is 16.1. The van der Waals surface area contributed by atoms with Gasteiger partial charge in [-0.3, -0.25) is 4.79 Å². The SMILES string of the molecule is Cn1cnnc1CNC(=O)CCC1CCCCN1. The maximum atomic E-state index is 11.7. The van der Waals surface area contributed by atoms with Crippen LogP contribution in [0.2, 0.25) is 0 Å². The van der Waals surface area contributed by atoms with Crippen molar-refractivity contribution in [3.8, 4) is 0 Å². The van der Waals surface area contributed by atoms with Gasteiger partial charge in [-0.25, -0.2) is 0 Å². The average Bonchev–Trinajstić information content (AvgIpc) is 2.81. The van der Waals surface area contributed by atoms with E-state index in [0.717, 1.165) is 18.8 Å². The molecule has 1 saturated heterocycles. The molecule has 1 aromatic heterocycles. The molecule has 0 aromatic carbocycles. The highest BCUT2D eigenvalue weighted by Gasteiger charge is 2.14. The van der Waals surface area contributed by atoms with Crippen LogP contribution in [-0.4, -0.2) is 33.3 Å². The lowest BCUT2D eigenvalue weighted by Crippen LogP contribution is -2.35. The molecule has 1 amide bonds. The van der Waals surface area contributed by atoms with Gasteiger partial charge in [0.25, 0.3) is 0 Å². The van der Waals surface area contributed by atoms with E-state index in [4.69, 9.17) is 0 Å². The molecular weight excluding hydrogens is 230 g/mol. The second kappa shape index (κ2) is 6.49. The molecule has 0 radical (unpaired) electrons. The third-order valence-corrected chi connectivity index (χ3v) is 3.38. The number of nitrogens with zero attached hydrogens (tertiary/aromatic N) is 3. The molecule has 2 N–H and O–H groups in total. The van der Waals surface area contributed by atoms with Crippen LogP contribution < -0.4 is 10.6 Å². The molecule has 1 fully saturated rings. The summed E-state index contributed by atoms with van der Waals surface area (Å²) in [4.78, 5) is 11.7. The standard InChI is InChI=1S/C12H21N5O/c1-17-9-15-16-11(17)8-14-12(18)6-5-10-4-2-3-7-13-10/h9-10,13H,2-8H2,1H3,(H,14,18). The molecule has 0 bridgehead atoms. The molecule has 1 aliphatic rings. The number of piperidine rings is 1. The minimum Gasteiger partial charge on any atom is -0.349 e. The Morgan fingerprint density at radius 2 is 2.50 bits per heavy atom. The van der Waals surface area contributed by atoms with Gasteiger partial charge in [-0.1, -0.05) is 6.42 Å². The van der Waals surface area contributed by atoms with Crippen LogP contribution in [0.3, 0.4) is 0 Å². The number of hydrogen-bond donors (Lipinski definition) is 2. The fraction of sp³-hybridized carbons (Fsp3) is 0.750. The molecular formula is C12H21N5O. The van der Waals surface area contributed by atoms with Crippen LogP contribution in [0.1, 0.15) is 37.9 Å². The first-order valence-electron chi connectivity index (χ1n) is 6.58. The van der Waals surface area contributed by atoms with Gasteiger partial charge in [0.05, 0.1) is 6.54 Å². The van der Waals surface area contributed by atoms with Gasteiger partial charge in [0.1, 0.15) is 6.33 Å². The van der Waals surface area contributed by atoms with E-state index in [0.29, 0.717) is 19.0 Å². The first kappa shape index (κ1) is 13.0. The van der Waals surface area contributed by atoms with E-state index < -0.39 is 0 Å². The van der Waals surface area contributed by atoms with Gasteiger partial charge < -0.3 is 15.2 Å². The van der Waals surface area contributed by atoms with Crippen molar-refractivity contribution in [2.24, 2.45) is 7.05 Å². The van der Waals surface area contributed by atoms with Gasteiger partial charge in [-0.05, 0) is 25.8 Å². The van der Waals surface area contributed by atoms with Crippen molar-refractivity contribution in [3.63, 3.8) is 0 Å². The average molecular weight is 251 g/mol. The van der Waals surface area contributed by atoms with E-state index in [1.165, 1.54) is 19.3 Å². The second-order valence-corrected chi connectivity index (χ2v) is 4.82. The van der Waals surface area contributed by atoms with Gasteiger partial charge in [0, 0.05) is 19.5 Å². The molecule has 1 atom stereocenters. The summed E-state index contributed by atoms with van der Waals surface area (Å²) < 4.78 is 1.81. The Morgan fingerprint density at radius 1 is 1.61 bits per heavy atom. The molecule has 1 unspecified atom stereocenters. The lowest BCUT2D eigenvalue weighted by molar-refractivity contribution is -0.121. The summed E-state index contributed by atoms with van der Waals surface area (Å²) in [6.45, 7) is 1.54. The molecule has 100 valence electrons. The highest BCUT2D eigenvalue weighted by molar-refractivity contribution is 5.75. The molecule has 0 spiro atoms. The smallest absolute Gasteiger partial charge is 0.220 e. The van der Waals surface area contributed by atoms with Gasteiger partial charge in [-0.2, -0.15) is 0 Å². The zero-order chi connectivity index (χ0) is 12.8. The van der Waals surface area contributed by atoms with Crippen LogP contribution in [0.5, 0.6) is 0 Å². The van der Waals surface area contributed by atoms with E-state index in [1.54, 1.807) is 6.33 Å². The van der Waals surface area contributed by atoms with Crippen molar-refractivity contribution in [3.05, 3.63) is 12.2 Å². The first-order chi connectivity index (χ1) is 8.75. The molecule has 0 saturated carbocycles. The maximum Gasteiger partial charge on any atom is 0.220 e. The lowest BCUT2D eigenvalue weighted by Gasteiger charge is -2.22. The van der Waals surface area contributed by atoms with Crippen molar-refractivity contribution >= 4 is 5.91 Å². The molecule has 2 heterocycles. The zero-order valence-corrected chi connectivity index (χ0v) is 10.9. The number of amides is 1. The van der Waals surface area contributed by atoms with Gasteiger partial charge in [0.15, 0.2) is 5.82 Å². The zero-order valence-electron chi connectivity index (χ0n) is 10.9. The largest absolute Gasteiger partial charge is 0.349 e. The van der Waals surface area contributed by atoms with E-state index in [9.17, 15) is 4.79 Å². The molecule has 18 heavy (non-hydrogen) atoms. The minimum absolute atomic E-state index is 0.0883. The van der Waals surface area contributed by atoms with E-state index >= 15 is 0 Å². The summed E-state index contributed by atoms with van der Waals surface area (Å²) in [6, 6.07) is 0.513. The van der Waals surface area contributed by atoms with E-state index in [1.807, 2.05) is 11.6 Å². The van der Waals surface area contributed by atoms with Crippen molar-refractivity contribution < 1.29 is 4.79 Å². The number of aromatic nitrogens is 3. The number of rotatable bonds is 5. The monoisotopic (exact) mass is 251 g/mol. The van der Waals surface area contributed by atoms with Crippen molar-refractivity contribution in [2.75, 3.05) is 6.54 Å². The Kier molecular flexibility index (Phi) is 4.69. The van der Waals surface area contributed by atoms with Crippen molar-refractivity contribution in [1.82, 2.24) is 25.4 Å². The number of carbonyl (C=O) groups is 1. The summed E-state index contributed by atoms with van der Waals surface area (Å²) in [7, 11) is 1.87. The summed E-state index contributed by atoms with van der Waals surface area (Å²) in [5.41, 5.74) is 0. The summed E-state index contributed by atoms with van der Waals surface area (Å²) in [6.07, 6.45) is 6.86. The topological polar surface area (TPSA) is 71.8 Å². The molecule has 6 nitrogen and oxygen atoms in total. The molecule has 0 aliphatic carbocycles. The number of hydrogen-bond acceptors (Lipinski definition) is 4. The van der Waals surface area contributed by atoms with Gasteiger partial charge >= 0.3 is 0 Å². The summed E-state index contributed by atoms with van der Waals surface area (Å²) >= 11 is 0. The predicted octanol–water partition coefficient (Wildman–Crippen LogP) is 0.354. The van der Waals surface area contributed by atoms with Crippen LogP contribution in [0.15, 0.2) is 6.33 Å². The summed E-state index contributed by atoms with van der Waals surface area (Å²) in [5, 5.41) is 14.0. The lowest BCUT2D eigenvalue weighted by atomic mass is 10.0. The Morgan fingerprint density at radius 3 is 3.17 bits per heavy atom. The van der Waals surface area contributed by atoms with Gasteiger partial charge in [-0.15, -0.1) is 10.2 Å². The third-order valence-electron chi connectivity index (χ3n) is 3.38. The number of nitrogens with one attached hydrogen (secondary N) is 2. The molecule has 1 aromatic rings. The molecule has 6 heteroatoms. The Hall–Kier alpha value is -1.43. The van der Waals surface area contributed by atoms with Crippen LogP contribution in [0.25, 0.3) is 0 Å². The summed E-state index contributed by atoms with van der Waals surface area (Å²) in [5.74, 6) is 0.865. The fourth-order valence-electron chi connectivity index (χ4n) is 2.21. The highest BCUT2D eigenvalue weighted by Crippen LogP contribution is 2.11. The third kappa shape index (κ3) is 3.80. The van der Waals surface area contributed by atoms with Crippen LogP contribution in [0.4, 0.5) is 0 Å². The Balaban J connectivity index is 1.64. The van der Waals surface area contributed by atoms with Crippen molar-refractivity contribution in [1.29, 1.82) is 0 Å². The normalized spacial score (nSPS) is 19.7. The number of aryl methyl sites for hydroxylation is 1. The number of carbonyl (C=O) groups excluding carboxylic acids is 1. The van der Waals surface area contributed by atoms with Crippen LogP contribution in [0, 0.1) is 0 Å². The Labute approximate surface area is 107 Å². The van der Waals surface area contributed by atoms with E-state index in [-0.39, 0.29) is 5.91 Å². The van der Waals surface area contributed by atoms with Crippen LogP contribution >= 0.6 is 0 Å². The van der Waals surface area contributed by atoms with Gasteiger partial charge in [0.2, 0.25) is 5.91 Å². The fourth-order valence-corrected chi connectivity index (χ4v) is 2.21. The Bertz CT molecular complexity index is 384. The molecule has 2 rings (SSSR count).